The molecule has 1 heterocycles. The zero-order valence-electron chi connectivity index (χ0n) is 6.26. The lowest BCUT2D eigenvalue weighted by Gasteiger charge is -1.98. The van der Waals surface area contributed by atoms with Crippen LogP contribution in [0.1, 0.15) is 12.6 Å². The minimum atomic E-state index is 0.833. The van der Waals surface area contributed by atoms with Gasteiger partial charge < -0.3 is 5.32 Å². The highest BCUT2D eigenvalue weighted by atomic mass is 15.0. The van der Waals surface area contributed by atoms with Crippen molar-refractivity contribution < 1.29 is 0 Å². The molecule has 0 spiro atoms. The Morgan fingerprint density at radius 2 is 2.30 bits per heavy atom. The molecule has 0 unspecified atom stereocenters. The Balaban J connectivity index is 2.87. The number of hydrogen-bond acceptors (Lipinski definition) is 3. The van der Waals surface area contributed by atoms with Crippen molar-refractivity contribution in [3.63, 3.8) is 0 Å². The predicted octanol–water partition coefficient (Wildman–Crippen LogP) is 1.08. The molecule has 54 valence electrons. The fourth-order valence-electron chi connectivity index (χ4n) is 0.697. The van der Waals surface area contributed by atoms with E-state index in [-0.39, 0.29) is 0 Å². The Labute approximate surface area is 60.5 Å². The number of nitrogens with one attached hydrogen (secondary N) is 1. The van der Waals surface area contributed by atoms with E-state index in [1.54, 1.807) is 12.4 Å². The number of aryl methyl sites for hydroxylation is 1. The molecule has 0 saturated heterocycles. The quantitative estimate of drug-likeness (QED) is 0.662. The number of anilines is 1. The largest absolute Gasteiger partial charge is 0.372 e. The summed E-state index contributed by atoms with van der Waals surface area (Å²) >= 11 is 0. The molecule has 0 atom stereocenters. The normalized spacial score (nSPS) is 9.40. The van der Waals surface area contributed by atoms with Gasteiger partial charge in [0.25, 0.3) is 0 Å². The molecular formula is C7H11N3. The zero-order chi connectivity index (χ0) is 7.40. The molecule has 3 nitrogen and oxygen atoms in total. The maximum atomic E-state index is 4.24. The third-order valence-corrected chi connectivity index (χ3v) is 1.30. The molecule has 1 N–H and O–H groups in total. The van der Waals surface area contributed by atoms with E-state index < -0.39 is 0 Å². The molecule has 1 aromatic rings. The van der Waals surface area contributed by atoms with Gasteiger partial charge in [-0.3, -0.25) is 4.98 Å². The van der Waals surface area contributed by atoms with Crippen LogP contribution in [0.15, 0.2) is 12.4 Å². The molecule has 0 amide bonds. The van der Waals surface area contributed by atoms with Gasteiger partial charge in [-0.2, -0.15) is 0 Å². The maximum Gasteiger partial charge on any atom is 0.144 e. The fraction of sp³-hybridized carbons (Fsp3) is 0.429. The second kappa shape index (κ2) is 3.15. The molecule has 0 aliphatic rings. The first kappa shape index (κ1) is 6.99. The Hall–Kier alpha value is -1.12. The highest BCUT2D eigenvalue weighted by Gasteiger charge is 1.91. The van der Waals surface area contributed by atoms with E-state index in [9.17, 15) is 0 Å². The standard InChI is InChI=1S/C7H11N3/c1-3-6-4-9-5-7(8-2)10-6/h4-5H,3H2,1-2H3,(H,8,10). The SMILES string of the molecule is CCc1cncc(NC)n1. The van der Waals surface area contributed by atoms with Crippen molar-refractivity contribution in [2.24, 2.45) is 0 Å². The van der Waals surface area contributed by atoms with E-state index >= 15 is 0 Å². The average molecular weight is 137 g/mol. The molecule has 0 aliphatic carbocycles. The molecule has 1 rings (SSSR count). The van der Waals surface area contributed by atoms with Crippen LogP contribution in [-0.4, -0.2) is 17.0 Å². The van der Waals surface area contributed by atoms with Crippen molar-refractivity contribution in [2.75, 3.05) is 12.4 Å². The molecule has 0 bridgehead atoms. The third kappa shape index (κ3) is 1.43. The Morgan fingerprint density at radius 3 is 2.90 bits per heavy atom. The van der Waals surface area contributed by atoms with Crippen LogP contribution in [0.3, 0.4) is 0 Å². The van der Waals surface area contributed by atoms with Gasteiger partial charge in [-0.1, -0.05) is 6.92 Å². The summed E-state index contributed by atoms with van der Waals surface area (Å²) < 4.78 is 0. The number of aromatic nitrogens is 2. The molecule has 0 fully saturated rings. The van der Waals surface area contributed by atoms with Crippen LogP contribution in [0, 0.1) is 0 Å². The minimum Gasteiger partial charge on any atom is -0.372 e. The predicted molar refractivity (Wildman–Crippen MR) is 41.0 cm³/mol. The third-order valence-electron chi connectivity index (χ3n) is 1.30. The summed E-state index contributed by atoms with van der Waals surface area (Å²) in [5.41, 5.74) is 1.02. The first-order valence-electron chi connectivity index (χ1n) is 3.35. The van der Waals surface area contributed by atoms with Crippen molar-refractivity contribution >= 4 is 5.82 Å². The van der Waals surface area contributed by atoms with Crippen LogP contribution in [0.2, 0.25) is 0 Å². The second-order valence-corrected chi connectivity index (χ2v) is 2.00. The minimum absolute atomic E-state index is 0.833. The van der Waals surface area contributed by atoms with Crippen LogP contribution in [0.5, 0.6) is 0 Å². The average Bonchev–Trinajstić information content (AvgIpc) is 2.05. The molecule has 0 saturated carbocycles. The number of hydrogen-bond donors (Lipinski definition) is 1. The van der Waals surface area contributed by atoms with Crippen molar-refractivity contribution in [3.05, 3.63) is 18.1 Å². The summed E-state index contributed by atoms with van der Waals surface area (Å²) in [6, 6.07) is 0. The first-order valence-corrected chi connectivity index (χ1v) is 3.35. The van der Waals surface area contributed by atoms with Crippen molar-refractivity contribution in [1.29, 1.82) is 0 Å². The highest BCUT2D eigenvalue weighted by Crippen LogP contribution is 2.00. The van der Waals surface area contributed by atoms with E-state index in [0.29, 0.717) is 0 Å². The smallest absolute Gasteiger partial charge is 0.144 e. The highest BCUT2D eigenvalue weighted by molar-refractivity contribution is 5.30. The van der Waals surface area contributed by atoms with Crippen LogP contribution in [0.4, 0.5) is 5.82 Å². The molecule has 0 radical (unpaired) electrons. The van der Waals surface area contributed by atoms with Gasteiger partial charge in [-0.05, 0) is 6.42 Å². The maximum absolute atomic E-state index is 4.24. The summed E-state index contributed by atoms with van der Waals surface area (Å²) in [6.45, 7) is 2.06. The van der Waals surface area contributed by atoms with Crippen LogP contribution in [0.25, 0.3) is 0 Å². The van der Waals surface area contributed by atoms with E-state index in [0.717, 1.165) is 17.9 Å². The van der Waals surface area contributed by atoms with Gasteiger partial charge in [0, 0.05) is 13.2 Å². The van der Waals surface area contributed by atoms with Gasteiger partial charge in [-0.25, -0.2) is 4.98 Å². The zero-order valence-corrected chi connectivity index (χ0v) is 6.26. The van der Waals surface area contributed by atoms with E-state index in [1.165, 1.54) is 0 Å². The summed E-state index contributed by atoms with van der Waals surface area (Å²) in [5.74, 6) is 0.833. The first-order chi connectivity index (χ1) is 4.86. The number of rotatable bonds is 2. The lowest BCUT2D eigenvalue weighted by Crippen LogP contribution is -1.96. The second-order valence-electron chi connectivity index (χ2n) is 2.00. The van der Waals surface area contributed by atoms with Crippen molar-refractivity contribution in [2.45, 2.75) is 13.3 Å². The van der Waals surface area contributed by atoms with Gasteiger partial charge in [0.15, 0.2) is 0 Å². The fourth-order valence-corrected chi connectivity index (χ4v) is 0.697. The molecule has 0 aromatic carbocycles. The van der Waals surface area contributed by atoms with E-state index in [4.69, 9.17) is 0 Å². The van der Waals surface area contributed by atoms with Gasteiger partial charge in [0.2, 0.25) is 0 Å². The van der Waals surface area contributed by atoms with Gasteiger partial charge in [0.1, 0.15) is 5.82 Å². The van der Waals surface area contributed by atoms with Crippen LogP contribution >= 0.6 is 0 Å². The Bertz CT molecular complexity index is 191. The lowest BCUT2D eigenvalue weighted by molar-refractivity contribution is 1.00. The van der Waals surface area contributed by atoms with Gasteiger partial charge >= 0.3 is 0 Å². The van der Waals surface area contributed by atoms with Crippen molar-refractivity contribution in [1.82, 2.24) is 9.97 Å². The molecule has 3 heteroatoms. The van der Waals surface area contributed by atoms with Gasteiger partial charge in [-0.15, -0.1) is 0 Å². The summed E-state index contributed by atoms with van der Waals surface area (Å²) in [6.07, 6.45) is 4.42. The number of nitrogens with zero attached hydrogens (tertiary/aromatic N) is 2. The molecule has 0 aliphatic heterocycles. The van der Waals surface area contributed by atoms with E-state index in [2.05, 4.69) is 22.2 Å². The van der Waals surface area contributed by atoms with Crippen molar-refractivity contribution in [3.8, 4) is 0 Å². The molecular weight excluding hydrogens is 126 g/mol. The summed E-state index contributed by atoms with van der Waals surface area (Å²) in [7, 11) is 1.84. The Morgan fingerprint density at radius 1 is 1.50 bits per heavy atom. The molecule has 1 aromatic heterocycles. The van der Waals surface area contributed by atoms with Crippen LogP contribution in [-0.2, 0) is 6.42 Å². The van der Waals surface area contributed by atoms with Gasteiger partial charge in [0.05, 0.1) is 11.9 Å². The summed E-state index contributed by atoms with van der Waals surface area (Å²) in [4.78, 5) is 8.24. The summed E-state index contributed by atoms with van der Waals surface area (Å²) in [5, 5.41) is 2.93. The Kier molecular flexibility index (Phi) is 2.20. The lowest BCUT2D eigenvalue weighted by atomic mass is 10.3. The topological polar surface area (TPSA) is 37.8 Å². The van der Waals surface area contributed by atoms with E-state index in [1.807, 2.05) is 7.05 Å². The van der Waals surface area contributed by atoms with Crippen LogP contribution < -0.4 is 5.32 Å². The monoisotopic (exact) mass is 137 g/mol. The molecule has 10 heavy (non-hydrogen) atoms.